The highest BCUT2D eigenvalue weighted by molar-refractivity contribution is 5.38. The average molecular weight is 443 g/mol. The third-order valence-electron chi connectivity index (χ3n) is 9.27. The van der Waals surface area contributed by atoms with Gasteiger partial charge in [-0.05, 0) is 98.2 Å². The van der Waals surface area contributed by atoms with Crippen LogP contribution in [0.25, 0.3) is 0 Å². The fourth-order valence-electron chi connectivity index (χ4n) is 7.31. The van der Waals surface area contributed by atoms with Crippen LogP contribution < -0.4 is 0 Å². The molecule has 0 amide bonds. The Morgan fingerprint density at radius 2 is 1.78 bits per heavy atom. The van der Waals surface area contributed by atoms with Gasteiger partial charge in [0.2, 0.25) is 0 Å². The Morgan fingerprint density at radius 3 is 2.47 bits per heavy atom. The molecule has 4 saturated carbocycles. The van der Waals surface area contributed by atoms with Crippen molar-refractivity contribution in [3.63, 3.8) is 0 Å². The minimum absolute atomic E-state index is 0.244. The minimum atomic E-state index is -0.994. The van der Waals surface area contributed by atoms with Crippen LogP contribution in [-0.4, -0.2) is 44.3 Å². The van der Waals surface area contributed by atoms with Crippen LogP contribution in [0.15, 0.2) is 47.1 Å². The zero-order valence-electron chi connectivity index (χ0n) is 20.1. The summed E-state index contributed by atoms with van der Waals surface area (Å²) in [7, 11) is 0. The van der Waals surface area contributed by atoms with E-state index in [9.17, 15) is 20.4 Å². The van der Waals surface area contributed by atoms with Gasteiger partial charge < -0.3 is 20.4 Å². The number of fused-ring (bicyclic) bond motifs is 1. The largest absolute Gasteiger partial charge is 0.393 e. The molecule has 0 heterocycles. The summed E-state index contributed by atoms with van der Waals surface area (Å²) in [6.07, 6.45) is 13.0. The first-order chi connectivity index (χ1) is 15.0. The molecule has 32 heavy (non-hydrogen) atoms. The van der Waals surface area contributed by atoms with E-state index < -0.39 is 23.9 Å². The van der Waals surface area contributed by atoms with Gasteiger partial charge in [-0.2, -0.15) is 0 Å². The molecule has 2 unspecified atom stereocenters. The summed E-state index contributed by atoms with van der Waals surface area (Å²) < 4.78 is 0. The van der Waals surface area contributed by atoms with Crippen LogP contribution in [-0.2, 0) is 0 Å². The van der Waals surface area contributed by atoms with Crippen LogP contribution in [0.2, 0.25) is 0 Å². The van der Waals surface area contributed by atoms with Crippen LogP contribution in [0.4, 0.5) is 0 Å². The van der Waals surface area contributed by atoms with E-state index in [1.54, 1.807) is 6.92 Å². The van der Waals surface area contributed by atoms with Crippen LogP contribution in [0.1, 0.15) is 78.6 Å². The Balaban J connectivity index is 1.53. The Kier molecular flexibility index (Phi) is 6.63. The number of allylic oxidation sites excluding steroid dienone is 4. The Labute approximate surface area is 193 Å². The second-order valence-electron chi connectivity index (χ2n) is 11.5. The third kappa shape index (κ3) is 4.32. The highest BCUT2D eigenvalue weighted by Gasteiger charge is 2.50. The maximum atomic E-state index is 10.5. The summed E-state index contributed by atoms with van der Waals surface area (Å²) in [5.74, 6) is 1.51. The normalized spacial score (nSPS) is 47.4. The molecule has 0 aromatic rings. The second kappa shape index (κ2) is 8.87. The fourth-order valence-corrected chi connectivity index (χ4v) is 7.31. The third-order valence-corrected chi connectivity index (χ3v) is 9.27. The van der Waals surface area contributed by atoms with Crippen LogP contribution >= 0.6 is 0 Å². The van der Waals surface area contributed by atoms with Gasteiger partial charge in [-0.25, -0.2) is 0 Å². The average Bonchev–Trinajstić information content (AvgIpc) is 3.21. The minimum Gasteiger partial charge on any atom is -0.393 e. The SMILES string of the molecule is C=C1C(=CC=C2CCC[C@@]3(C)C2CC[C@@H]3[C@H](C)C=C2CC[C@](C)(O)C2O)C[C@@H](O)C[C@@H]1O. The molecule has 4 rings (SSSR count). The van der Waals surface area contributed by atoms with E-state index in [1.807, 2.05) is 0 Å². The summed E-state index contributed by atoms with van der Waals surface area (Å²) in [5.41, 5.74) is 3.49. The summed E-state index contributed by atoms with van der Waals surface area (Å²) in [5, 5.41) is 41.1. The molecule has 178 valence electrons. The van der Waals surface area contributed by atoms with E-state index in [4.69, 9.17) is 0 Å². The molecule has 0 bridgehead atoms. The first-order valence-corrected chi connectivity index (χ1v) is 12.6. The van der Waals surface area contributed by atoms with E-state index in [0.29, 0.717) is 37.0 Å². The fraction of sp³-hybridized carbons (Fsp3) is 0.714. The van der Waals surface area contributed by atoms with Gasteiger partial charge in [-0.1, -0.05) is 44.2 Å². The van der Waals surface area contributed by atoms with Crippen molar-refractivity contribution >= 4 is 0 Å². The van der Waals surface area contributed by atoms with Gasteiger partial charge in [0.1, 0.15) is 6.10 Å². The summed E-state index contributed by atoms with van der Waals surface area (Å²) >= 11 is 0. The molecular formula is C28H42O4. The molecule has 0 aliphatic heterocycles. The quantitative estimate of drug-likeness (QED) is 0.482. The summed E-state index contributed by atoms with van der Waals surface area (Å²) in [4.78, 5) is 0. The van der Waals surface area contributed by atoms with E-state index in [-0.39, 0.29) is 5.41 Å². The molecule has 4 aliphatic carbocycles. The van der Waals surface area contributed by atoms with Crippen molar-refractivity contribution in [3.8, 4) is 0 Å². The lowest BCUT2D eigenvalue weighted by molar-refractivity contribution is -0.0265. The van der Waals surface area contributed by atoms with Crippen LogP contribution in [0.5, 0.6) is 0 Å². The topological polar surface area (TPSA) is 80.9 Å². The van der Waals surface area contributed by atoms with E-state index in [2.05, 4.69) is 38.7 Å². The zero-order valence-corrected chi connectivity index (χ0v) is 20.1. The van der Waals surface area contributed by atoms with E-state index in [1.165, 1.54) is 31.3 Å². The van der Waals surface area contributed by atoms with Gasteiger partial charge >= 0.3 is 0 Å². The molecule has 0 radical (unpaired) electrons. The molecule has 8 atom stereocenters. The molecule has 4 fully saturated rings. The molecule has 4 heteroatoms. The summed E-state index contributed by atoms with van der Waals surface area (Å²) in [6, 6.07) is 0. The highest BCUT2D eigenvalue weighted by Crippen LogP contribution is 2.59. The van der Waals surface area contributed by atoms with Crippen molar-refractivity contribution in [1.29, 1.82) is 0 Å². The molecule has 4 N–H and O–H groups in total. The van der Waals surface area contributed by atoms with Crippen LogP contribution in [0.3, 0.4) is 0 Å². The first-order valence-electron chi connectivity index (χ1n) is 12.6. The summed E-state index contributed by atoms with van der Waals surface area (Å²) in [6.45, 7) is 10.5. The number of aliphatic hydroxyl groups is 4. The Bertz CT molecular complexity index is 834. The van der Waals surface area contributed by atoms with Crippen LogP contribution in [0, 0.1) is 23.2 Å². The van der Waals surface area contributed by atoms with E-state index in [0.717, 1.165) is 29.6 Å². The van der Waals surface area contributed by atoms with Crippen molar-refractivity contribution in [3.05, 3.63) is 47.1 Å². The Morgan fingerprint density at radius 1 is 1.03 bits per heavy atom. The van der Waals surface area contributed by atoms with Crippen molar-refractivity contribution in [2.75, 3.05) is 0 Å². The van der Waals surface area contributed by atoms with Crippen molar-refractivity contribution in [2.24, 2.45) is 23.2 Å². The molecule has 0 spiro atoms. The lowest BCUT2D eigenvalue weighted by atomic mass is 9.61. The molecule has 0 saturated heterocycles. The smallest absolute Gasteiger partial charge is 0.103 e. The highest BCUT2D eigenvalue weighted by atomic mass is 16.3. The molecule has 4 aliphatic rings. The van der Waals surface area contributed by atoms with Gasteiger partial charge in [0, 0.05) is 6.42 Å². The number of hydrogen-bond donors (Lipinski definition) is 4. The van der Waals surface area contributed by atoms with Crippen molar-refractivity contribution in [1.82, 2.24) is 0 Å². The predicted molar refractivity (Wildman–Crippen MR) is 128 cm³/mol. The lowest BCUT2D eigenvalue weighted by Crippen LogP contribution is -2.36. The van der Waals surface area contributed by atoms with Crippen molar-refractivity contribution in [2.45, 2.75) is 102 Å². The predicted octanol–water partition coefficient (Wildman–Crippen LogP) is 4.60. The number of aliphatic hydroxyl groups excluding tert-OH is 3. The van der Waals surface area contributed by atoms with Gasteiger partial charge in [0.05, 0.1) is 17.8 Å². The number of rotatable bonds is 3. The molecular weight excluding hydrogens is 400 g/mol. The maximum absolute atomic E-state index is 10.5. The second-order valence-corrected chi connectivity index (χ2v) is 11.5. The molecule has 0 aromatic carbocycles. The molecule has 0 aromatic heterocycles. The van der Waals surface area contributed by atoms with Gasteiger partial charge in [0.15, 0.2) is 0 Å². The standard InChI is InChI=1S/C28H42O4/c1-17(14-21-11-13-28(4,32)26(21)31)23-9-10-24-19(6-5-12-27(23,24)3)7-8-20-15-22(29)16-25(30)18(20)2/h7-8,14,17,22-26,29-32H,2,5-6,9-13,15-16H2,1,3-4H3/t17-,22-,23-,24?,25+,26?,27-,28+/m1/s1. The van der Waals surface area contributed by atoms with E-state index >= 15 is 0 Å². The van der Waals surface area contributed by atoms with Crippen molar-refractivity contribution < 1.29 is 20.4 Å². The number of hydrogen-bond acceptors (Lipinski definition) is 4. The van der Waals surface area contributed by atoms with Gasteiger partial charge in [-0.15, -0.1) is 0 Å². The lowest BCUT2D eigenvalue weighted by Gasteiger charge is -2.44. The van der Waals surface area contributed by atoms with Gasteiger partial charge in [-0.3, -0.25) is 0 Å². The Hall–Kier alpha value is -1.20. The monoisotopic (exact) mass is 442 g/mol. The maximum Gasteiger partial charge on any atom is 0.103 e. The first kappa shape index (κ1) is 23.9. The van der Waals surface area contributed by atoms with Gasteiger partial charge in [0.25, 0.3) is 0 Å². The molecule has 4 nitrogen and oxygen atoms in total. The zero-order chi connectivity index (χ0) is 23.3.